The summed E-state index contributed by atoms with van der Waals surface area (Å²) in [6.45, 7) is 3.47. The first-order valence-electron chi connectivity index (χ1n) is 7.21. The average Bonchev–Trinajstić information content (AvgIpc) is 2.99. The number of carboxylic acids is 1. The highest BCUT2D eigenvalue weighted by molar-refractivity contribution is 7.09. The summed E-state index contributed by atoms with van der Waals surface area (Å²) in [6, 6.07) is -0.126. The number of nitrogens with zero attached hydrogens (tertiary/aromatic N) is 2. The van der Waals surface area contributed by atoms with Crippen molar-refractivity contribution in [2.45, 2.75) is 39.2 Å². The molecule has 1 aliphatic heterocycles. The van der Waals surface area contributed by atoms with Gasteiger partial charge in [-0.2, -0.15) is 0 Å². The Morgan fingerprint density at radius 3 is 2.71 bits per heavy atom. The van der Waals surface area contributed by atoms with E-state index in [9.17, 15) is 14.7 Å². The summed E-state index contributed by atoms with van der Waals surface area (Å²) in [5.74, 6) is -0.728. The van der Waals surface area contributed by atoms with Crippen molar-refractivity contribution in [1.29, 1.82) is 0 Å². The molecule has 116 valence electrons. The van der Waals surface area contributed by atoms with Gasteiger partial charge in [-0.25, -0.2) is 4.79 Å². The second-order valence-electron chi connectivity index (χ2n) is 5.45. The van der Waals surface area contributed by atoms with Crippen LogP contribution in [0.3, 0.4) is 0 Å². The first-order chi connectivity index (χ1) is 10.1. The smallest absolute Gasteiger partial charge is 0.317 e. The molecule has 0 unspecified atom stereocenters. The predicted octanol–water partition coefficient (Wildman–Crippen LogP) is 2.32. The minimum atomic E-state index is -0.728. The quantitative estimate of drug-likeness (QED) is 0.874. The molecular formula is C14H21N3O3S. The van der Waals surface area contributed by atoms with Crippen molar-refractivity contribution < 1.29 is 14.7 Å². The number of aromatic nitrogens is 1. The first kappa shape index (κ1) is 15.8. The summed E-state index contributed by atoms with van der Waals surface area (Å²) in [5, 5.41) is 12.3. The predicted molar refractivity (Wildman–Crippen MR) is 80.1 cm³/mol. The van der Waals surface area contributed by atoms with Gasteiger partial charge in [0.1, 0.15) is 0 Å². The van der Waals surface area contributed by atoms with Crippen LogP contribution in [0.4, 0.5) is 4.79 Å². The standard InChI is InChI=1S/C14H21N3O3S/c1-2-3-14(12(18)19)4-6-17(7-5-14)13(20)16-9-11-8-15-10-21-11/h8,10H,2-7,9H2,1H3,(H,16,20)(H,18,19). The molecule has 0 bridgehead atoms. The largest absolute Gasteiger partial charge is 0.481 e. The summed E-state index contributed by atoms with van der Waals surface area (Å²) in [7, 11) is 0. The van der Waals surface area contributed by atoms with Gasteiger partial charge in [0.15, 0.2) is 0 Å². The van der Waals surface area contributed by atoms with E-state index in [4.69, 9.17) is 0 Å². The van der Waals surface area contributed by atoms with Crippen LogP contribution in [0.5, 0.6) is 0 Å². The Morgan fingerprint density at radius 1 is 1.48 bits per heavy atom. The van der Waals surface area contributed by atoms with E-state index in [-0.39, 0.29) is 6.03 Å². The molecule has 2 rings (SSSR count). The third-order valence-electron chi connectivity index (χ3n) is 4.09. The lowest BCUT2D eigenvalue weighted by Crippen LogP contribution is -2.49. The highest BCUT2D eigenvalue weighted by Gasteiger charge is 2.41. The minimum Gasteiger partial charge on any atom is -0.481 e. The number of urea groups is 1. The average molecular weight is 311 g/mol. The highest BCUT2D eigenvalue weighted by Crippen LogP contribution is 2.36. The lowest BCUT2D eigenvalue weighted by atomic mass is 9.75. The molecule has 2 amide bonds. The van der Waals surface area contributed by atoms with Gasteiger partial charge in [0, 0.05) is 24.2 Å². The molecule has 0 atom stereocenters. The maximum absolute atomic E-state index is 12.1. The van der Waals surface area contributed by atoms with Gasteiger partial charge in [-0.3, -0.25) is 9.78 Å². The number of carboxylic acid groups (broad SMARTS) is 1. The molecule has 0 aliphatic carbocycles. The fraction of sp³-hybridized carbons (Fsp3) is 0.643. The van der Waals surface area contributed by atoms with Gasteiger partial charge < -0.3 is 15.3 Å². The van der Waals surface area contributed by atoms with Crippen molar-refractivity contribution in [3.63, 3.8) is 0 Å². The van der Waals surface area contributed by atoms with Gasteiger partial charge in [-0.05, 0) is 19.3 Å². The van der Waals surface area contributed by atoms with E-state index in [0.29, 0.717) is 38.9 Å². The number of aliphatic carboxylic acids is 1. The van der Waals surface area contributed by atoms with Crippen LogP contribution in [0.1, 0.15) is 37.5 Å². The number of hydrogen-bond acceptors (Lipinski definition) is 4. The third-order valence-corrected chi connectivity index (χ3v) is 4.87. The van der Waals surface area contributed by atoms with Crippen molar-refractivity contribution >= 4 is 23.3 Å². The van der Waals surface area contributed by atoms with E-state index < -0.39 is 11.4 Å². The number of amides is 2. The fourth-order valence-corrected chi connectivity index (χ4v) is 3.33. The summed E-state index contributed by atoms with van der Waals surface area (Å²) in [6.07, 6.45) is 4.33. The molecule has 0 radical (unpaired) electrons. The number of hydrogen-bond donors (Lipinski definition) is 2. The lowest BCUT2D eigenvalue weighted by molar-refractivity contribution is -0.152. The molecule has 6 nitrogen and oxygen atoms in total. The minimum absolute atomic E-state index is 0.126. The van der Waals surface area contributed by atoms with Gasteiger partial charge >= 0.3 is 12.0 Å². The second-order valence-corrected chi connectivity index (χ2v) is 6.42. The van der Waals surface area contributed by atoms with Crippen LogP contribution in [-0.2, 0) is 11.3 Å². The van der Waals surface area contributed by atoms with E-state index in [0.717, 1.165) is 11.3 Å². The van der Waals surface area contributed by atoms with E-state index in [1.807, 2.05) is 6.92 Å². The molecular weight excluding hydrogens is 290 g/mol. The topological polar surface area (TPSA) is 82.5 Å². The fourth-order valence-electron chi connectivity index (χ4n) is 2.79. The Balaban J connectivity index is 1.85. The van der Waals surface area contributed by atoms with E-state index >= 15 is 0 Å². The van der Waals surface area contributed by atoms with Gasteiger partial charge in [-0.1, -0.05) is 13.3 Å². The molecule has 1 aromatic heterocycles. The van der Waals surface area contributed by atoms with Crippen LogP contribution >= 0.6 is 11.3 Å². The van der Waals surface area contributed by atoms with Crippen LogP contribution in [0, 0.1) is 5.41 Å². The number of carbonyl (C=O) groups is 2. The van der Waals surface area contributed by atoms with Crippen LogP contribution < -0.4 is 5.32 Å². The van der Waals surface area contributed by atoms with Crippen molar-refractivity contribution in [1.82, 2.24) is 15.2 Å². The summed E-state index contributed by atoms with van der Waals surface area (Å²) < 4.78 is 0. The Bertz CT molecular complexity index is 482. The molecule has 0 saturated carbocycles. The van der Waals surface area contributed by atoms with Crippen molar-refractivity contribution in [2.75, 3.05) is 13.1 Å². The second kappa shape index (κ2) is 6.89. The summed E-state index contributed by atoms with van der Waals surface area (Å²) >= 11 is 1.50. The van der Waals surface area contributed by atoms with E-state index in [1.165, 1.54) is 11.3 Å². The zero-order chi connectivity index (χ0) is 15.3. The summed E-state index contributed by atoms with van der Waals surface area (Å²) in [5.41, 5.74) is 1.08. The molecule has 2 heterocycles. The number of thiazole rings is 1. The molecule has 1 fully saturated rings. The number of piperidine rings is 1. The Morgan fingerprint density at radius 2 is 2.19 bits per heavy atom. The molecule has 2 N–H and O–H groups in total. The van der Waals surface area contributed by atoms with Crippen LogP contribution in [-0.4, -0.2) is 40.1 Å². The lowest BCUT2D eigenvalue weighted by Gasteiger charge is -2.38. The van der Waals surface area contributed by atoms with E-state index in [1.54, 1.807) is 16.6 Å². The highest BCUT2D eigenvalue weighted by atomic mass is 32.1. The summed E-state index contributed by atoms with van der Waals surface area (Å²) in [4.78, 5) is 30.3. The molecule has 7 heteroatoms. The van der Waals surface area contributed by atoms with Crippen molar-refractivity contribution in [3.8, 4) is 0 Å². The zero-order valence-electron chi connectivity index (χ0n) is 12.2. The van der Waals surface area contributed by atoms with Crippen molar-refractivity contribution in [3.05, 3.63) is 16.6 Å². The van der Waals surface area contributed by atoms with Crippen LogP contribution in [0.15, 0.2) is 11.7 Å². The van der Waals surface area contributed by atoms with Crippen molar-refractivity contribution in [2.24, 2.45) is 5.41 Å². The van der Waals surface area contributed by atoms with Gasteiger partial charge in [0.25, 0.3) is 0 Å². The molecule has 1 saturated heterocycles. The molecule has 1 aliphatic rings. The van der Waals surface area contributed by atoms with E-state index in [2.05, 4.69) is 10.3 Å². The number of likely N-dealkylation sites (tertiary alicyclic amines) is 1. The van der Waals surface area contributed by atoms with Gasteiger partial charge in [-0.15, -0.1) is 11.3 Å². The number of rotatable bonds is 5. The zero-order valence-corrected chi connectivity index (χ0v) is 13.0. The SMILES string of the molecule is CCCC1(C(=O)O)CCN(C(=O)NCc2cncs2)CC1. The maximum Gasteiger partial charge on any atom is 0.317 e. The third kappa shape index (κ3) is 3.72. The Labute approximate surface area is 128 Å². The molecule has 21 heavy (non-hydrogen) atoms. The molecule has 0 spiro atoms. The Hall–Kier alpha value is -1.63. The Kier molecular flexibility index (Phi) is 5.17. The van der Waals surface area contributed by atoms with Gasteiger partial charge in [0.2, 0.25) is 0 Å². The monoisotopic (exact) mass is 311 g/mol. The van der Waals surface area contributed by atoms with Crippen LogP contribution in [0.2, 0.25) is 0 Å². The first-order valence-corrected chi connectivity index (χ1v) is 8.09. The molecule has 1 aromatic rings. The number of nitrogens with one attached hydrogen (secondary N) is 1. The normalized spacial score (nSPS) is 17.5. The molecule has 0 aromatic carbocycles. The maximum atomic E-state index is 12.1. The number of carbonyl (C=O) groups excluding carboxylic acids is 1. The van der Waals surface area contributed by atoms with Gasteiger partial charge in [0.05, 0.1) is 17.5 Å². The van der Waals surface area contributed by atoms with Crippen LogP contribution in [0.25, 0.3) is 0 Å².